The van der Waals surface area contributed by atoms with Crippen LogP contribution in [0.2, 0.25) is 0 Å². The summed E-state index contributed by atoms with van der Waals surface area (Å²) in [5, 5.41) is 10.4. The van der Waals surface area contributed by atoms with Crippen LogP contribution in [0, 0.1) is 12.7 Å². The van der Waals surface area contributed by atoms with E-state index in [0.29, 0.717) is 12.1 Å². The van der Waals surface area contributed by atoms with Crippen LogP contribution >= 0.6 is 0 Å². The number of halogens is 1. The molecule has 0 bridgehead atoms. The molecule has 1 heterocycles. The van der Waals surface area contributed by atoms with Crippen molar-refractivity contribution in [1.29, 1.82) is 0 Å². The minimum absolute atomic E-state index is 0.229. The third-order valence-electron chi connectivity index (χ3n) is 3.94. The summed E-state index contributed by atoms with van der Waals surface area (Å²) >= 11 is 0. The minimum Gasteiger partial charge on any atom is -0.387 e. The van der Waals surface area contributed by atoms with E-state index < -0.39 is 6.10 Å². The van der Waals surface area contributed by atoms with Crippen molar-refractivity contribution in [1.82, 2.24) is 0 Å². The number of benzene rings is 2. The number of nitrogens with zero attached hydrogens (tertiary/aromatic N) is 1. The van der Waals surface area contributed by atoms with Gasteiger partial charge in [0.25, 0.3) is 0 Å². The van der Waals surface area contributed by atoms with E-state index in [1.807, 2.05) is 12.1 Å². The van der Waals surface area contributed by atoms with Crippen molar-refractivity contribution in [2.24, 2.45) is 0 Å². The van der Waals surface area contributed by atoms with Crippen LogP contribution in [0.1, 0.15) is 22.8 Å². The second kappa shape index (κ2) is 5.25. The molecule has 0 saturated carbocycles. The molecular weight excluding hydrogens is 253 g/mol. The molecule has 104 valence electrons. The zero-order chi connectivity index (χ0) is 14.1. The largest absolute Gasteiger partial charge is 0.387 e. The van der Waals surface area contributed by atoms with E-state index in [0.717, 1.165) is 18.5 Å². The first-order chi connectivity index (χ1) is 9.65. The van der Waals surface area contributed by atoms with Gasteiger partial charge in [-0.3, -0.25) is 0 Å². The predicted molar refractivity (Wildman–Crippen MR) is 78.5 cm³/mol. The molecule has 1 aliphatic heterocycles. The van der Waals surface area contributed by atoms with Gasteiger partial charge in [0.2, 0.25) is 0 Å². The zero-order valence-corrected chi connectivity index (χ0v) is 11.5. The second-order valence-electron chi connectivity index (χ2n) is 5.35. The fourth-order valence-corrected chi connectivity index (χ4v) is 2.79. The molecule has 2 aromatic carbocycles. The van der Waals surface area contributed by atoms with Crippen LogP contribution < -0.4 is 4.90 Å². The summed E-state index contributed by atoms with van der Waals surface area (Å²) in [7, 11) is 0. The van der Waals surface area contributed by atoms with Crippen LogP contribution in [0.25, 0.3) is 0 Å². The van der Waals surface area contributed by atoms with Gasteiger partial charge in [-0.15, -0.1) is 0 Å². The van der Waals surface area contributed by atoms with Gasteiger partial charge in [-0.1, -0.05) is 30.3 Å². The van der Waals surface area contributed by atoms with Gasteiger partial charge in [0, 0.05) is 18.8 Å². The summed E-state index contributed by atoms with van der Waals surface area (Å²) in [6.07, 6.45) is 0.422. The third kappa shape index (κ3) is 2.41. The molecule has 3 rings (SSSR count). The normalized spacial score (nSPS) is 15.2. The molecule has 3 heteroatoms. The van der Waals surface area contributed by atoms with Crippen LogP contribution in [0.5, 0.6) is 0 Å². The highest BCUT2D eigenvalue weighted by atomic mass is 19.1. The highest BCUT2D eigenvalue weighted by Gasteiger charge is 2.21. The molecule has 0 aromatic heterocycles. The first-order valence-corrected chi connectivity index (χ1v) is 6.92. The molecule has 0 radical (unpaired) electrons. The second-order valence-corrected chi connectivity index (χ2v) is 5.35. The number of hydrogen-bond acceptors (Lipinski definition) is 2. The van der Waals surface area contributed by atoms with E-state index in [2.05, 4.69) is 17.0 Å². The predicted octanol–water partition coefficient (Wildman–Crippen LogP) is 3.23. The smallest absolute Gasteiger partial charge is 0.126 e. The fraction of sp³-hybridized carbons (Fsp3) is 0.294. The number of para-hydroxylation sites is 1. The molecule has 1 atom stereocenters. The summed E-state index contributed by atoms with van der Waals surface area (Å²) in [5.41, 5.74) is 3.87. The Morgan fingerprint density at radius 2 is 2.05 bits per heavy atom. The Labute approximate surface area is 118 Å². The van der Waals surface area contributed by atoms with Crippen LogP contribution in [-0.2, 0) is 6.42 Å². The molecule has 2 aromatic rings. The van der Waals surface area contributed by atoms with Gasteiger partial charge < -0.3 is 10.0 Å². The maximum atomic E-state index is 13.3. The van der Waals surface area contributed by atoms with E-state index >= 15 is 0 Å². The van der Waals surface area contributed by atoms with Gasteiger partial charge in [0.15, 0.2) is 0 Å². The molecule has 1 N–H and O–H groups in total. The molecule has 0 spiro atoms. The summed E-state index contributed by atoms with van der Waals surface area (Å²) in [6, 6.07) is 13.1. The average Bonchev–Trinajstić information content (AvgIpc) is 2.85. The highest BCUT2D eigenvalue weighted by molar-refractivity contribution is 5.58. The first kappa shape index (κ1) is 13.1. The lowest BCUT2D eigenvalue weighted by Gasteiger charge is -2.23. The maximum Gasteiger partial charge on any atom is 0.126 e. The monoisotopic (exact) mass is 271 g/mol. The molecule has 0 aliphatic carbocycles. The van der Waals surface area contributed by atoms with Crippen molar-refractivity contribution >= 4 is 5.69 Å². The van der Waals surface area contributed by atoms with Crippen molar-refractivity contribution < 1.29 is 9.50 Å². The first-order valence-electron chi connectivity index (χ1n) is 6.92. The SMILES string of the molecule is Cc1cc(C(O)CN2CCc3ccccc32)ccc1F. The van der Waals surface area contributed by atoms with Crippen LogP contribution in [0.3, 0.4) is 0 Å². The number of rotatable bonds is 3. The Morgan fingerprint density at radius 1 is 1.25 bits per heavy atom. The summed E-state index contributed by atoms with van der Waals surface area (Å²) < 4.78 is 13.3. The molecule has 0 saturated heterocycles. The molecule has 1 unspecified atom stereocenters. The standard InChI is InChI=1S/C17H18FNO/c1-12-10-14(6-7-15(12)18)17(20)11-19-9-8-13-4-2-3-5-16(13)19/h2-7,10,17,20H,8-9,11H2,1H3. The molecular formula is C17H18FNO. The van der Waals surface area contributed by atoms with Gasteiger partial charge in [0.05, 0.1) is 6.10 Å². The maximum absolute atomic E-state index is 13.3. The van der Waals surface area contributed by atoms with Crippen LogP contribution in [-0.4, -0.2) is 18.2 Å². The van der Waals surface area contributed by atoms with E-state index in [9.17, 15) is 9.50 Å². The summed E-state index contributed by atoms with van der Waals surface area (Å²) in [4.78, 5) is 2.19. The highest BCUT2D eigenvalue weighted by Crippen LogP contribution is 2.29. The van der Waals surface area contributed by atoms with Crippen molar-refractivity contribution in [2.45, 2.75) is 19.4 Å². The van der Waals surface area contributed by atoms with Gasteiger partial charge in [0.1, 0.15) is 5.82 Å². The van der Waals surface area contributed by atoms with E-state index in [1.54, 1.807) is 19.1 Å². The number of hydrogen-bond donors (Lipinski definition) is 1. The van der Waals surface area contributed by atoms with Gasteiger partial charge >= 0.3 is 0 Å². The molecule has 20 heavy (non-hydrogen) atoms. The molecule has 2 nitrogen and oxygen atoms in total. The van der Waals surface area contributed by atoms with Crippen LogP contribution in [0.4, 0.5) is 10.1 Å². The van der Waals surface area contributed by atoms with Crippen molar-refractivity contribution in [3.05, 3.63) is 65.0 Å². The lowest BCUT2D eigenvalue weighted by Crippen LogP contribution is -2.26. The number of aliphatic hydroxyl groups is 1. The van der Waals surface area contributed by atoms with Crippen molar-refractivity contribution in [3.63, 3.8) is 0 Å². The number of aryl methyl sites for hydroxylation is 1. The zero-order valence-electron chi connectivity index (χ0n) is 11.5. The van der Waals surface area contributed by atoms with Crippen LogP contribution in [0.15, 0.2) is 42.5 Å². The molecule has 1 aliphatic rings. The third-order valence-corrected chi connectivity index (χ3v) is 3.94. The Morgan fingerprint density at radius 3 is 2.85 bits per heavy atom. The quantitative estimate of drug-likeness (QED) is 0.926. The Balaban J connectivity index is 1.77. The van der Waals surface area contributed by atoms with Gasteiger partial charge in [-0.25, -0.2) is 4.39 Å². The Bertz CT molecular complexity index is 626. The Kier molecular flexibility index (Phi) is 3.45. The van der Waals surface area contributed by atoms with Gasteiger partial charge in [-0.2, -0.15) is 0 Å². The number of fused-ring (bicyclic) bond motifs is 1. The topological polar surface area (TPSA) is 23.5 Å². The fourth-order valence-electron chi connectivity index (χ4n) is 2.79. The average molecular weight is 271 g/mol. The van der Waals surface area contributed by atoms with E-state index in [4.69, 9.17) is 0 Å². The molecule has 0 amide bonds. The van der Waals surface area contributed by atoms with Crippen molar-refractivity contribution in [2.75, 3.05) is 18.0 Å². The lowest BCUT2D eigenvalue weighted by atomic mass is 10.1. The van der Waals surface area contributed by atoms with Crippen molar-refractivity contribution in [3.8, 4) is 0 Å². The number of β-amino-alcohol motifs (C(OH)–C–C–N with tert-alkyl or cyclic N) is 1. The number of anilines is 1. The van der Waals surface area contributed by atoms with E-state index in [1.165, 1.54) is 17.3 Å². The molecule has 0 fully saturated rings. The number of aliphatic hydroxyl groups excluding tert-OH is 1. The lowest BCUT2D eigenvalue weighted by molar-refractivity contribution is 0.184. The summed E-state index contributed by atoms with van der Waals surface area (Å²) in [5.74, 6) is -0.229. The minimum atomic E-state index is -0.597. The summed E-state index contributed by atoms with van der Waals surface area (Å²) in [6.45, 7) is 3.19. The van der Waals surface area contributed by atoms with E-state index in [-0.39, 0.29) is 5.82 Å². The Hall–Kier alpha value is -1.87. The van der Waals surface area contributed by atoms with Gasteiger partial charge in [-0.05, 0) is 42.2 Å².